The number of nitrogens with zero attached hydrogens (tertiary/aromatic N) is 1. The van der Waals surface area contributed by atoms with Crippen molar-refractivity contribution in [2.24, 2.45) is 11.7 Å². The molecule has 4 nitrogen and oxygen atoms in total. The van der Waals surface area contributed by atoms with E-state index in [4.69, 9.17) is 10.5 Å². The van der Waals surface area contributed by atoms with Crippen molar-refractivity contribution in [1.82, 2.24) is 0 Å². The Hall–Kier alpha value is -1.55. The monoisotopic (exact) mass is 262 g/mol. The summed E-state index contributed by atoms with van der Waals surface area (Å²) in [6.45, 7) is 5.78. The van der Waals surface area contributed by atoms with Gasteiger partial charge in [0.2, 0.25) is 5.91 Å². The standard InChI is InChI=1S/C15H22N2O2/c1-3-12(4-2)15(18)17-7-8-19-14-9-11(10-16)5-6-13(14)17/h5-6,9,12H,3-4,7-8,10,16H2,1-2H3. The zero-order chi connectivity index (χ0) is 13.8. The van der Waals surface area contributed by atoms with Crippen LogP contribution < -0.4 is 15.4 Å². The van der Waals surface area contributed by atoms with Crippen LogP contribution in [0.3, 0.4) is 0 Å². The second-order valence-electron chi connectivity index (χ2n) is 4.86. The molecule has 2 rings (SSSR count). The molecule has 4 heteroatoms. The number of hydrogen-bond acceptors (Lipinski definition) is 3. The zero-order valence-electron chi connectivity index (χ0n) is 11.7. The summed E-state index contributed by atoms with van der Waals surface area (Å²) < 4.78 is 5.64. The average molecular weight is 262 g/mol. The van der Waals surface area contributed by atoms with Crippen LogP contribution in [-0.4, -0.2) is 19.1 Å². The first kappa shape index (κ1) is 13.9. The van der Waals surface area contributed by atoms with Crippen molar-refractivity contribution in [2.45, 2.75) is 33.2 Å². The summed E-state index contributed by atoms with van der Waals surface area (Å²) in [4.78, 5) is 14.4. The van der Waals surface area contributed by atoms with Gasteiger partial charge in [0, 0.05) is 12.5 Å². The lowest BCUT2D eigenvalue weighted by Gasteiger charge is -2.32. The van der Waals surface area contributed by atoms with Gasteiger partial charge in [-0.3, -0.25) is 4.79 Å². The molecule has 1 aliphatic heterocycles. The lowest BCUT2D eigenvalue weighted by atomic mass is 10.0. The van der Waals surface area contributed by atoms with E-state index in [-0.39, 0.29) is 11.8 Å². The molecule has 19 heavy (non-hydrogen) atoms. The normalized spacial score (nSPS) is 14.2. The molecule has 0 fully saturated rings. The van der Waals surface area contributed by atoms with Gasteiger partial charge < -0.3 is 15.4 Å². The van der Waals surface area contributed by atoms with Crippen LogP contribution in [-0.2, 0) is 11.3 Å². The Morgan fingerprint density at radius 1 is 1.42 bits per heavy atom. The Bertz CT molecular complexity index is 455. The zero-order valence-corrected chi connectivity index (χ0v) is 11.7. The second-order valence-corrected chi connectivity index (χ2v) is 4.86. The fraction of sp³-hybridized carbons (Fsp3) is 0.533. The van der Waals surface area contributed by atoms with Crippen LogP contribution in [0.15, 0.2) is 18.2 Å². The van der Waals surface area contributed by atoms with E-state index in [0.717, 1.165) is 29.8 Å². The van der Waals surface area contributed by atoms with E-state index in [0.29, 0.717) is 19.7 Å². The Morgan fingerprint density at radius 2 is 2.16 bits per heavy atom. The Labute approximate surface area is 114 Å². The third-order valence-corrected chi connectivity index (χ3v) is 3.72. The van der Waals surface area contributed by atoms with Gasteiger partial charge in [0.05, 0.1) is 12.2 Å². The van der Waals surface area contributed by atoms with E-state index in [9.17, 15) is 4.79 Å². The van der Waals surface area contributed by atoms with E-state index in [1.54, 1.807) is 0 Å². The number of anilines is 1. The minimum absolute atomic E-state index is 0.0973. The van der Waals surface area contributed by atoms with Gasteiger partial charge in [-0.1, -0.05) is 19.9 Å². The van der Waals surface area contributed by atoms with Crippen LogP contribution in [0.2, 0.25) is 0 Å². The Kier molecular flexibility index (Phi) is 4.43. The number of nitrogens with two attached hydrogens (primary N) is 1. The van der Waals surface area contributed by atoms with E-state index >= 15 is 0 Å². The molecule has 0 atom stereocenters. The Balaban J connectivity index is 2.29. The highest BCUT2D eigenvalue weighted by atomic mass is 16.5. The maximum absolute atomic E-state index is 12.5. The molecule has 2 N–H and O–H groups in total. The smallest absolute Gasteiger partial charge is 0.230 e. The van der Waals surface area contributed by atoms with Gasteiger partial charge in [0.25, 0.3) is 0 Å². The quantitative estimate of drug-likeness (QED) is 0.906. The van der Waals surface area contributed by atoms with E-state index < -0.39 is 0 Å². The third kappa shape index (κ3) is 2.73. The van der Waals surface area contributed by atoms with Gasteiger partial charge in [-0.25, -0.2) is 0 Å². The molecule has 0 aromatic heterocycles. The second kappa shape index (κ2) is 6.06. The van der Waals surface area contributed by atoms with Gasteiger partial charge in [-0.05, 0) is 30.5 Å². The SMILES string of the molecule is CCC(CC)C(=O)N1CCOc2cc(CN)ccc21. The molecule has 1 heterocycles. The van der Waals surface area contributed by atoms with Crippen molar-refractivity contribution in [2.75, 3.05) is 18.1 Å². The highest BCUT2D eigenvalue weighted by Crippen LogP contribution is 2.33. The molecule has 1 aromatic rings. The summed E-state index contributed by atoms with van der Waals surface area (Å²) >= 11 is 0. The lowest BCUT2D eigenvalue weighted by Crippen LogP contribution is -2.41. The van der Waals surface area contributed by atoms with E-state index in [2.05, 4.69) is 13.8 Å². The molecular formula is C15H22N2O2. The van der Waals surface area contributed by atoms with Crippen LogP contribution in [0.1, 0.15) is 32.3 Å². The molecule has 0 unspecified atom stereocenters. The van der Waals surface area contributed by atoms with Crippen molar-refractivity contribution < 1.29 is 9.53 Å². The molecule has 0 radical (unpaired) electrons. The average Bonchev–Trinajstić information content (AvgIpc) is 2.47. The van der Waals surface area contributed by atoms with Crippen molar-refractivity contribution in [1.29, 1.82) is 0 Å². The molecular weight excluding hydrogens is 240 g/mol. The molecule has 104 valence electrons. The topological polar surface area (TPSA) is 55.6 Å². The van der Waals surface area contributed by atoms with Crippen LogP contribution in [0.5, 0.6) is 5.75 Å². The number of amides is 1. The third-order valence-electron chi connectivity index (χ3n) is 3.72. The summed E-state index contributed by atoms with van der Waals surface area (Å²) in [5.74, 6) is 1.07. The van der Waals surface area contributed by atoms with Crippen molar-refractivity contribution >= 4 is 11.6 Å². The first-order valence-corrected chi connectivity index (χ1v) is 6.98. The predicted octanol–water partition coefficient (Wildman–Crippen LogP) is 2.31. The number of ether oxygens (including phenoxy) is 1. The summed E-state index contributed by atoms with van der Waals surface area (Å²) in [5.41, 5.74) is 7.53. The summed E-state index contributed by atoms with van der Waals surface area (Å²) in [7, 11) is 0. The lowest BCUT2D eigenvalue weighted by molar-refractivity contribution is -0.122. The first-order chi connectivity index (χ1) is 9.21. The Morgan fingerprint density at radius 3 is 2.79 bits per heavy atom. The van der Waals surface area contributed by atoms with Crippen LogP contribution >= 0.6 is 0 Å². The molecule has 0 saturated heterocycles. The predicted molar refractivity (Wildman–Crippen MR) is 76.3 cm³/mol. The van der Waals surface area contributed by atoms with Gasteiger partial charge in [-0.2, -0.15) is 0 Å². The number of fused-ring (bicyclic) bond motifs is 1. The van der Waals surface area contributed by atoms with Gasteiger partial charge in [-0.15, -0.1) is 0 Å². The number of rotatable bonds is 4. The maximum atomic E-state index is 12.5. The molecule has 1 aromatic carbocycles. The molecule has 0 saturated carbocycles. The van der Waals surface area contributed by atoms with Crippen LogP contribution in [0.25, 0.3) is 0 Å². The van der Waals surface area contributed by atoms with E-state index in [1.165, 1.54) is 0 Å². The highest BCUT2D eigenvalue weighted by Gasteiger charge is 2.27. The van der Waals surface area contributed by atoms with Gasteiger partial charge in [0.1, 0.15) is 12.4 Å². The van der Waals surface area contributed by atoms with Crippen LogP contribution in [0, 0.1) is 5.92 Å². The summed E-state index contributed by atoms with van der Waals surface area (Å²) in [5, 5.41) is 0. The fourth-order valence-electron chi connectivity index (χ4n) is 2.48. The number of carbonyl (C=O) groups is 1. The van der Waals surface area contributed by atoms with E-state index in [1.807, 2.05) is 23.1 Å². The summed E-state index contributed by atoms with van der Waals surface area (Å²) in [6.07, 6.45) is 1.76. The van der Waals surface area contributed by atoms with Crippen LogP contribution in [0.4, 0.5) is 5.69 Å². The highest BCUT2D eigenvalue weighted by molar-refractivity contribution is 5.96. The first-order valence-electron chi connectivity index (χ1n) is 6.98. The number of carbonyl (C=O) groups excluding carboxylic acids is 1. The molecule has 0 spiro atoms. The van der Waals surface area contributed by atoms with Crippen molar-refractivity contribution in [3.8, 4) is 5.75 Å². The number of hydrogen-bond donors (Lipinski definition) is 1. The maximum Gasteiger partial charge on any atom is 0.230 e. The van der Waals surface area contributed by atoms with Crippen molar-refractivity contribution in [3.05, 3.63) is 23.8 Å². The minimum atomic E-state index is 0.0973. The molecule has 0 aliphatic carbocycles. The molecule has 0 bridgehead atoms. The summed E-state index contributed by atoms with van der Waals surface area (Å²) in [6, 6.07) is 5.83. The van der Waals surface area contributed by atoms with Crippen molar-refractivity contribution in [3.63, 3.8) is 0 Å². The fourth-order valence-corrected chi connectivity index (χ4v) is 2.48. The molecule has 1 amide bonds. The van der Waals surface area contributed by atoms with Gasteiger partial charge in [0.15, 0.2) is 0 Å². The largest absolute Gasteiger partial charge is 0.490 e. The minimum Gasteiger partial charge on any atom is -0.490 e. The molecule has 1 aliphatic rings. The number of benzene rings is 1. The van der Waals surface area contributed by atoms with Gasteiger partial charge >= 0.3 is 0 Å².